The highest BCUT2D eigenvalue weighted by Gasteiger charge is 2.05. The molecule has 0 radical (unpaired) electrons. The molecule has 0 heterocycles. The summed E-state index contributed by atoms with van der Waals surface area (Å²) in [5.41, 5.74) is 12.0. The summed E-state index contributed by atoms with van der Waals surface area (Å²) in [5.74, 6) is 0. The van der Waals surface area contributed by atoms with Gasteiger partial charge in [0.25, 0.3) is 0 Å². The first-order valence-electron chi connectivity index (χ1n) is 2.67. The van der Waals surface area contributed by atoms with Crippen LogP contribution in [0.2, 0.25) is 0 Å². The summed E-state index contributed by atoms with van der Waals surface area (Å²) in [5, 5.41) is 0. The molecule has 0 aromatic rings. The molecule has 8 heavy (non-hydrogen) atoms. The predicted molar refractivity (Wildman–Crippen MR) is 34.3 cm³/mol. The summed E-state index contributed by atoms with van der Waals surface area (Å²) in [4.78, 5) is 0. The van der Waals surface area contributed by atoms with Crippen molar-refractivity contribution >= 4 is 0 Å². The molecule has 0 saturated heterocycles. The van der Waals surface area contributed by atoms with Gasteiger partial charge in [0, 0.05) is 12.6 Å². The molecule has 0 fully saturated rings. The Morgan fingerprint density at radius 1 is 1.62 bits per heavy atom. The van der Waals surface area contributed by atoms with Crippen LogP contribution in [0, 0.1) is 0 Å². The van der Waals surface area contributed by atoms with Crippen molar-refractivity contribution in [3.8, 4) is 0 Å². The van der Waals surface area contributed by atoms with Gasteiger partial charge in [-0.1, -0.05) is 18.2 Å². The fourth-order valence-corrected chi connectivity index (χ4v) is 0.738. The van der Waals surface area contributed by atoms with E-state index in [9.17, 15) is 0 Å². The average Bonchev–Trinajstić information content (AvgIpc) is 2.14. The number of rotatable bonds is 1. The number of nitrogens with two attached hydrogens (primary N) is 2. The van der Waals surface area contributed by atoms with Crippen LogP contribution in [0.15, 0.2) is 23.8 Å². The SMILES string of the molecule is NCC1=CC=CC1N. The predicted octanol–water partition coefficient (Wildman–Crippen LogP) is -0.231. The quantitative estimate of drug-likeness (QED) is 0.490. The van der Waals surface area contributed by atoms with E-state index in [1.54, 1.807) is 0 Å². The Labute approximate surface area is 48.9 Å². The van der Waals surface area contributed by atoms with E-state index in [0.29, 0.717) is 6.54 Å². The lowest BCUT2D eigenvalue weighted by molar-refractivity contribution is 0.921. The van der Waals surface area contributed by atoms with Crippen LogP contribution in [-0.4, -0.2) is 12.6 Å². The van der Waals surface area contributed by atoms with E-state index in [1.165, 1.54) is 0 Å². The molecule has 0 aromatic heterocycles. The van der Waals surface area contributed by atoms with Gasteiger partial charge in [-0.2, -0.15) is 0 Å². The maximum absolute atomic E-state index is 5.55. The molecular weight excluding hydrogens is 100 g/mol. The molecule has 0 amide bonds. The molecule has 2 nitrogen and oxygen atoms in total. The van der Waals surface area contributed by atoms with Crippen LogP contribution in [0.3, 0.4) is 0 Å². The second-order valence-electron chi connectivity index (χ2n) is 1.86. The number of allylic oxidation sites excluding steroid dienone is 2. The molecular formula is C6H10N2. The second-order valence-corrected chi connectivity index (χ2v) is 1.86. The molecule has 2 heteroatoms. The molecule has 0 saturated carbocycles. The highest BCUT2D eigenvalue weighted by atomic mass is 14.7. The Morgan fingerprint density at radius 3 is 2.62 bits per heavy atom. The minimum Gasteiger partial charge on any atom is -0.327 e. The van der Waals surface area contributed by atoms with E-state index in [1.807, 2.05) is 18.2 Å². The first kappa shape index (κ1) is 5.54. The monoisotopic (exact) mass is 110 g/mol. The van der Waals surface area contributed by atoms with Crippen molar-refractivity contribution < 1.29 is 0 Å². The molecule has 0 bridgehead atoms. The fourth-order valence-electron chi connectivity index (χ4n) is 0.738. The van der Waals surface area contributed by atoms with Crippen molar-refractivity contribution in [2.45, 2.75) is 6.04 Å². The van der Waals surface area contributed by atoms with Crippen molar-refractivity contribution in [1.29, 1.82) is 0 Å². The molecule has 44 valence electrons. The van der Waals surface area contributed by atoms with Crippen LogP contribution in [-0.2, 0) is 0 Å². The van der Waals surface area contributed by atoms with Crippen LogP contribution in [0.4, 0.5) is 0 Å². The molecule has 0 aliphatic heterocycles. The van der Waals surface area contributed by atoms with Gasteiger partial charge in [-0.3, -0.25) is 0 Å². The molecule has 1 atom stereocenters. The summed E-state index contributed by atoms with van der Waals surface area (Å²) in [6.07, 6.45) is 5.83. The van der Waals surface area contributed by atoms with Gasteiger partial charge in [-0.15, -0.1) is 0 Å². The van der Waals surface area contributed by atoms with Gasteiger partial charge >= 0.3 is 0 Å². The minimum atomic E-state index is 0.0833. The standard InChI is InChI=1S/C6H10N2/c7-4-5-2-1-3-6(5)8/h1-3,6H,4,7-8H2. The Kier molecular flexibility index (Phi) is 1.46. The van der Waals surface area contributed by atoms with E-state index >= 15 is 0 Å². The lowest BCUT2D eigenvalue weighted by Crippen LogP contribution is -2.22. The van der Waals surface area contributed by atoms with Crippen LogP contribution in [0.25, 0.3) is 0 Å². The molecule has 1 unspecified atom stereocenters. The van der Waals surface area contributed by atoms with Crippen molar-refractivity contribution in [3.63, 3.8) is 0 Å². The zero-order valence-electron chi connectivity index (χ0n) is 4.67. The highest BCUT2D eigenvalue weighted by Crippen LogP contribution is 2.06. The zero-order chi connectivity index (χ0) is 5.98. The van der Waals surface area contributed by atoms with Crippen LogP contribution in [0.1, 0.15) is 0 Å². The van der Waals surface area contributed by atoms with Gasteiger partial charge < -0.3 is 11.5 Å². The Balaban J connectivity index is 2.59. The third-order valence-corrected chi connectivity index (χ3v) is 1.29. The maximum atomic E-state index is 5.55. The normalized spacial score (nSPS) is 26.2. The van der Waals surface area contributed by atoms with E-state index < -0.39 is 0 Å². The van der Waals surface area contributed by atoms with Gasteiger partial charge in [0.2, 0.25) is 0 Å². The minimum absolute atomic E-state index is 0.0833. The molecule has 1 aliphatic rings. The van der Waals surface area contributed by atoms with Crippen LogP contribution in [0.5, 0.6) is 0 Å². The molecule has 1 rings (SSSR count). The van der Waals surface area contributed by atoms with Gasteiger partial charge in [0.1, 0.15) is 0 Å². The summed E-state index contributed by atoms with van der Waals surface area (Å²) < 4.78 is 0. The summed E-state index contributed by atoms with van der Waals surface area (Å²) >= 11 is 0. The second kappa shape index (κ2) is 2.11. The van der Waals surface area contributed by atoms with E-state index in [2.05, 4.69) is 0 Å². The van der Waals surface area contributed by atoms with Gasteiger partial charge in [0.05, 0.1) is 0 Å². The van der Waals surface area contributed by atoms with E-state index in [0.717, 1.165) is 5.57 Å². The van der Waals surface area contributed by atoms with E-state index in [-0.39, 0.29) is 6.04 Å². The lowest BCUT2D eigenvalue weighted by atomic mass is 10.2. The number of hydrogen-bond donors (Lipinski definition) is 2. The summed E-state index contributed by atoms with van der Waals surface area (Å²) in [6, 6.07) is 0.0833. The van der Waals surface area contributed by atoms with Crippen molar-refractivity contribution in [1.82, 2.24) is 0 Å². The van der Waals surface area contributed by atoms with Gasteiger partial charge in [-0.05, 0) is 5.57 Å². The average molecular weight is 110 g/mol. The maximum Gasteiger partial charge on any atom is 0.0458 e. The first-order chi connectivity index (χ1) is 3.84. The zero-order valence-corrected chi connectivity index (χ0v) is 4.67. The topological polar surface area (TPSA) is 52.0 Å². The van der Waals surface area contributed by atoms with Crippen molar-refractivity contribution in [2.75, 3.05) is 6.54 Å². The third-order valence-electron chi connectivity index (χ3n) is 1.29. The first-order valence-corrected chi connectivity index (χ1v) is 2.67. The molecule has 4 N–H and O–H groups in total. The van der Waals surface area contributed by atoms with Gasteiger partial charge in [0.15, 0.2) is 0 Å². The molecule has 1 aliphatic carbocycles. The van der Waals surface area contributed by atoms with Crippen LogP contribution >= 0.6 is 0 Å². The highest BCUT2D eigenvalue weighted by molar-refractivity contribution is 5.30. The number of hydrogen-bond acceptors (Lipinski definition) is 2. The van der Waals surface area contributed by atoms with Crippen molar-refractivity contribution in [2.24, 2.45) is 11.5 Å². The summed E-state index contributed by atoms with van der Waals surface area (Å²) in [6.45, 7) is 0.578. The molecule has 0 aromatic carbocycles. The molecule has 0 spiro atoms. The van der Waals surface area contributed by atoms with E-state index in [4.69, 9.17) is 11.5 Å². The lowest BCUT2D eigenvalue weighted by Gasteiger charge is -2.02. The van der Waals surface area contributed by atoms with Gasteiger partial charge in [-0.25, -0.2) is 0 Å². The Morgan fingerprint density at radius 2 is 2.38 bits per heavy atom. The Bertz CT molecular complexity index is 135. The third kappa shape index (κ3) is 0.804. The fraction of sp³-hybridized carbons (Fsp3) is 0.333. The smallest absolute Gasteiger partial charge is 0.0458 e. The summed E-state index contributed by atoms with van der Waals surface area (Å²) in [7, 11) is 0. The Hall–Kier alpha value is -0.600. The largest absolute Gasteiger partial charge is 0.327 e. The van der Waals surface area contributed by atoms with Crippen molar-refractivity contribution in [3.05, 3.63) is 23.8 Å². The van der Waals surface area contributed by atoms with Crippen LogP contribution < -0.4 is 11.5 Å².